The van der Waals surface area contributed by atoms with Crippen molar-refractivity contribution in [3.05, 3.63) is 53.6 Å². The van der Waals surface area contributed by atoms with Crippen molar-refractivity contribution >= 4 is 5.91 Å². The molecule has 1 unspecified atom stereocenters. The van der Waals surface area contributed by atoms with Gasteiger partial charge >= 0.3 is 0 Å². The van der Waals surface area contributed by atoms with Gasteiger partial charge in [-0.25, -0.2) is 0 Å². The first-order valence-corrected chi connectivity index (χ1v) is 6.86. The summed E-state index contributed by atoms with van der Waals surface area (Å²) in [5.74, 6) is 0.362. The van der Waals surface area contributed by atoms with E-state index in [0.717, 1.165) is 18.5 Å². The van der Waals surface area contributed by atoms with Gasteiger partial charge in [0, 0.05) is 17.2 Å². The van der Waals surface area contributed by atoms with Crippen molar-refractivity contribution in [2.45, 2.75) is 33.6 Å². The quantitative estimate of drug-likeness (QED) is 0.912. The number of hydrogen-bond acceptors (Lipinski definition) is 3. The molecule has 0 bridgehead atoms. The summed E-state index contributed by atoms with van der Waals surface area (Å²) in [7, 11) is 0. The van der Waals surface area contributed by atoms with E-state index in [1.807, 2.05) is 18.2 Å². The summed E-state index contributed by atoms with van der Waals surface area (Å²) in [6.45, 7) is 6.11. The Balaban J connectivity index is 2.06. The first-order valence-electron chi connectivity index (χ1n) is 6.86. The molecule has 0 spiro atoms. The van der Waals surface area contributed by atoms with Crippen molar-refractivity contribution in [3.8, 4) is 0 Å². The normalized spacial score (nSPS) is 21.4. The number of amides is 1. The van der Waals surface area contributed by atoms with Gasteiger partial charge in [-0.3, -0.25) is 4.79 Å². The number of nitrogens with one attached hydrogen (secondary N) is 1. The van der Waals surface area contributed by atoms with Gasteiger partial charge in [-0.05, 0) is 25.5 Å². The molecule has 0 radical (unpaired) electrons. The van der Waals surface area contributed by atoms with E-state index < -0.39 is 0 Å². The smallest absolute Gasteiger partial charge is 0.277 e. The second-order valence-electron chi connectivity index (χ2n) is 5.35. The molecular weight excluding hydrogens is 252 g/mol. The Hall–Kier alpha value is -2.10. The van der Waals surface area contributed by atoms with E-state index in [4.69, 9.17) is 4.52 Å². The molecular formula is C16H20N2O2. The molecule has 1 aromatic rings. The van der Waals surface area contributed by atoms with Crippen LogP contribution in [0.2, 0.25) is 0 Å². The summed E-state index contributed by atoms with van der Waals surface area (Å²) in [6, 6.07) is 1.62. The molecule has 0 aromatic carbocycles. The molecule has 1 N–H and O–H groups in total. The second-order valence-corrected chi connectivity index (χ2v) is 5.35. The van der Waals surface area contributed by atoms with Gasteiger partial charge in [0.25, 0.3) is 5.91 Å². The van der Waals surface area contributed by atoms with Gasteiger partial charge in [0.15, 0.2) is 5.69 Å². The molecule has 1 aliphatic rings. The van der Waals surface area contributed by atoms with Crippen LogP contribution in [0.25, 0.3) is 0 Å². The maximum Gasteiger partial charge on any atom is 0.277 e. The van der Waals surface area contributed by atoms with Crippen LogP contribution >= 0.6 is 0 Å². The number of nitrogens with zero attached hydrogens (tertiary/aromatic N) is 1. The fourth-order valence-electron chi connectivity index (χ4n) is 2.22. The van der Waals surface area contributed by atoms with E-state index in [-0.39, 0.29) is 11.3 Å². The van der Waals surface area contributed by atoms with Gasteiger partial charge in [-0.2, -0.15) is 0 Å². The van der Waals surface area contributed by atoms with Crippen LogP contribution in [0.4, 0.5) is 0 Å². The van der Waals surface area contributed by atoms with Crippen molar-refractivity contribution in [3.63, 3.8) is 0 Å². The molecule has 0 fully saturated rings. The highest BCUT2D eigenvalue weighted by atomic mass is 16.5. The van der Waals surface area contributed by atoms with Crippen LogP contribution in [0.3, 0.4) is 0 Å². The van der Waals surface area contributed by atoms with E-state index >= 15 is 0 Å². The summed E-state index contributed by atoms with van der Waals surface area (Å²) in [5.41, 5.74) is 1.09. The molecule has 2 rings (SSSR count). The summed E-state index contributed by atoms with van der Waals surface area (Å²) in [6.07, 6.45) is 12.3. The van der Waals surface area contributed by atoms with Gasteiger partial charge in [0.05, 0.1) is 0 Å². The van der Waals surface area contributed by atoms with Crippen LogP contribution in [0.1, 0.15) is 42.9 Å². The van der Waals surface area contributed by atoms with Crippen LogP contribution in [-0.2, 0) is 0 Å². The van der Waals surface area contributed by atoms with Crippen LogP contribution in [-0.4, -0.2) is 11.1 Å². The fraction of sp³-hybridized carbons (Fsp3) is 0.375. The highest BCUT2D eigenvalue weighted by Gasteiger charge is 2.18. The molecule has 4 heteroatoms. The second kappa shape index (κ2) is 5.90. The summed E-state index contributed by atoms with van der Waals surface area (Å²) >= 11 is 0. The van der Waals surface area contributed by atoms with Crippen LogP contribution < -0.4 is 5.32 Å². The van der Waals surface area contributed by atoms with Crippen molar-refractivity contribution in [2.24, 2.45) is 5.41 Å². The molecule has 20 heavy (non-hydrogen) atoms. The number of allylic oxidation sites excluding steroid dienone is 5. The lowest BCUT2D eigenvalue weighted by Crippen LogP contribution is -2.22. The minimum absolute atomic E-state index is 0.0439. The molecule has 1 atom stereocenters. The van der Waals surface area contributed by atoms with Crippen LogP contribution in [0, 0.1) is 12.3 Å². The van der Waals surface area contributed by atoms with E-state index in [2.05, 4.69) is 36.5 Å². The lowest BCUT2D eigenvalue weighted by Gasteiger charge is -2.20. The zero-order chi connectivity index (χ0) is 14.6. The van der Waals surface area contributed by atoms with Gasteiger partial charge in [-0.1, -0.05) is 43.7 Å². The number of aromatic nitrogens is 1. The Morgan fingerprint density at radius 1 is 1.45 bits per heavy atom. The summed E-state index contributed by atoms with van der Waals surface area (Å²) < 4.78 is 4.90. The Labute approximate surface area is 119 Å². The monoisotopic (exact) mass is 272 g/mol. The minimum Gasteiger partial charge on any atom is -0.361 e. The summed E-state index contributed by atoms with van der Waals surface area (Å²) in [4.78, 5) is 12.0. The highest BCUT2D eigenvalue weighted by molar-refractivity contribution is 5.93. The zero-order valence-electron chi connectivity index (χ0n) is 12.1. The van der Waals surface area contributed by atoms with Gasteiger partial charge in [0.2, 0.25) is 0 Å². The molecule has 0 saturated heterocycles. The lowest BCUT2D eigenvalue weighted by molar-refractivity contribution is 0.0958. The number of carbonyl (C=O) groups is 1. The molecule has 1 aliphatic carbocycles. The fourth-order valence-corrected chi connectivity index (χ4v) is 2.22. The number of hydrogen-bond donors (Lipinski definition) is 1. The SMILES string of the molecule is CCCC1(C)C=CC=C(NC(=O)c2cc(C)on2)C=C1. The minimum atomic E-state index is -0.259. The largest absolute Gasteiger partial charge is 0.361 e. The number of carbonyl (C=O) groups excluding carboxylic acids is 1. The maximum atomic E-state index is 12.0. The first kappa shape index (κ1) is 14.3. The third-order valence-electron chi connectivity index (χ3n) is 3.30. The topological polar surface area (TPSA) is 55.1 Å². The van der Waals surface area contributed by atoms with E-state index in [0.29, 0.717) is 11.5 Å². The Kier molecular flexibility index (Phi) is 4.23. The van der Waals surface area contributed by atoms with Crippen LogP contribution in [0.15, 0.2) is 46.7 Å². The summed E-state index contributed by atoms with van der Waals surface area (Å²) in [5, 5.41) is 6.54. The van der Waals surface area contributed by atoms with Crippen LogP contribution in [0.5, 0.6) is 0 Å². The molecule has 0 saturated carbocycles. The molecule has 1 amide bonds. The number of rotatable bonds is 4. The van der Waals surface area contributed by atoms with Crippen molar-refractivity contribution in [1.82, 2.24) is 10.5 Å². The highest BCUT2D eigenvalue weighted by Crippen LogP contribution is 2.28. The third kappa shape index (κ3) is 3.47. The third-order valence-corrected chi connectivity index (χ3v) is 3.30. The van der Waals surface area contributed by atoms with E-state index in [9.17, 15) is 4.79 Å². The Bertz CT molecular complexity index is 581. The molecule has 1 heterocycles. The van der Waals surface area contributed by atoms with Crippen molar-refractivity contribution < 1.29 is 9.32 Å². The van der Waals surface area contributed by atoms with E-state index in [1.165, 1.54) is 0 Å². The Morgan fingerprint density at radius 2 is 2.25 bits per heavy atom. The average Bonchev–Trinajstić information content (AvgIpc) is 2.74. The molecule has 1 aromatic heterocycles. The van der Waals surface area contributed by atoms with Gasteiger partial charge < -0.3 is 9.84 Å². The van der Waals surface area contributed by atoms with Crippen molar-refractivity contribution in [1.29, 1.82) is 0 Å². The van der Waals surface area contributed by atoms with E-state index in [1.54, 1.807) is 13.0 Å². The predicted octanol–water partition coefficient (Wildman–Crippen LogP) is 3.53. The zero-order valence-corrected chi connectivity index (χ0v) is 12.1. The Morgan fingerprint density at radius 3 is 2.90 bits per heavy atom. The van der Waals surface area contributed by atoms with Crippen molar-refractivity contribution in [2.75, 3.05) is 0 Å². The number of aryl methyl sites for hydroxylation is 1. The predicted molar refractivity (Wildman–Crippen MR) is 78.1 cm³/mol. The van der Waals surface area contributed by atoms with Gasteiger partial charge in [0.1, 0.15) is 5.76 Å². The standard InChI is InChI=1S/C16H20N2O2/c1-4-8-16(3)9-5-6-13(7-10-16)17-15(19)14-11-12(2)20-18-14/h5-7,9-11H,4,8H2,1-3H3,(H,17,19). The van der Waals surface area contributed by atoms with Gasteiger partial charge in [-0.15, -0.1) is 0 Å². The average molecular weight is 272 g/mol. The maximum absolute atomic E-state index is 12.0. The molecule has 0 aliphatic heterocycles. The molecule has 106 valence electrons. The molecule has 4 nitrogen and oxygen atoms in total. The first-order chi connectivity index (χ1) is 9.52. The lowest BCUT2D eigenvalue weighted by atomic mass is 9.85.